The van der Waals surface area contributed by atoms with Crippen molar-refractivity contribution in [3.05, 3.63) is 29.8 Å². The van der Waals surface area contributed by atoms with Crippen LogP contribution in [0.15, 0.2) is 24.3 Å². The average Bonchev–Trinajstić information content (AvgIpc) is 2.29. The van der Waals surface area contributed by atoms with Gasteiger partial charge < -0.3 is 15.2 Å². The Hall–Kier alpha value is -2.11. The van der Waals surface area contributed by atoms with Crippen molar-refractivity contribution < 1.29 is 23.4 Å². The van der Waals surface area contributed by atoms with Gasteiger partial charge in [-0.3, -0.25) is 0 Å². The van der Waals surface area contributed by atoms with Gasteiger partial charge in [-0.05, 0) is 19.1 Å². The van der Waals surface area contributed by atoms with Crippen molar-refractivity contribution in [2.75, 3.05) is 5.32 Å². The zero-order valence-electron chi connectivity index (χ0n) is 9.48. The molecule has 0 radical (unpaired) electrons. The summed E-state index contributed by atoms with van der Waals surface area (Å²) in [6, 6.07) is 4.60. The van der Waals surface area contributed by atoms with Crippen LogP contribution in [-0.2, 0) is 4.79 Å². The standard InChI is InChI=1S/C12H11F2NO3/c1-12(10(16)17)6-5-7-3-2-4-8(9(7)15-12)18-11(13)14/h2-6,11,15H,1H3,(H,16,17). The number of anilines is 1. The van der Waals surface area contributed by atoms with E-state index in [2.05, 4.69) is 10.1 Å². The summed E-state index contributed by atoms with van der Waals surface area (Å²) in [6.07, 6.45) is 3.03. The van der Waals surface area contributed by atoms with E-state index in [0.717, 1.165) is 0 Å². The van der Waals surface area contributed by atoms with E-state index in [-0.39, 0.29) is 11.4 Å². The smallest absolute Gasteiger partial charge is 0.387 e. The number of ether oxygens (including phenoxy) is 1. The van der Waals surface area contributed by atoms with Crippen molar-refractivity contribution in [3.63, 3.8) is 0 Å². The maximum atomic E-state index is 12.3. The number of alkyl halides is 2. The largest absolute Gasteiger partial charge is 0.479 e. The molecule has 1 aromatic carbocycles. The SMILES string of the molecule is CC1(C(=O)O)C=Cc2cccc(OC(F)F)c2N1. The zero-order chi connectivity index (χ0) is 13.3. The highest BCUT2D eigenvalue weighted by Crippen LogP contribution is 2.36. The summed E-state index contributed by atoms with van der Waals surface area (Å²) in [5.41, 5.74) is -0.480. The molecule has 0 bridgehead atoms. The monoisotopic (exact) mass is 255 g/mol. The molecular weight excluding hydrogens is 244 g/mol. The van der Waals surface area contributed by atoms with Crippen molar-refractivity contribution in [3.8, 4) is 5.75 Å². The van der Waals surface area contributed by atoms with E-state index >= 15 is 0 Å². The van der Waals surface area contributed by atoms with Gasteiger partial charge in [0.15, 0.2) is 5.54 Å². The summed E-state index contributed by atoms with van der Waals surface area (Å²) in [5, 5.41) is 11.8. The van der Waals surface area contributed by atoms with Gasteiger partial charge >= 0.3 is 12.6 Å². The Kier molecular flexibility index (Phi) is 2.94. The molecule has 4 nitrogen and oxygen atoms in total. The average molecular weight is 255 g/mol. The van der Waals surface area contributed by atoms with Crippen LogP contribution in [0.5, 0.6) is 5.75 Å². The van der Waals surface area contributed by atoms with E-state index in [1.807, 2.05) is 0 Å². The summed E-state index contributed by atoms with van der Waals surface area (Å²) in [6.45, 7) is -1.52. The van der Waals surface area contributed by atoms with Crippen LogP contribution in [0.2, 0.25) is 0 Å². The molecule has 1 atom stereocenters. The topological polar surface area (TPSA) is 58.6 Å². The van der Waals surface area contributed by atoms with Gasteiger partial charge in [0.05, 0.1) is 5.69 Å². The second-order valence-electron chi connectivity index (χ2n) is 4.06. The van der Waals surface area contributed by atoms with Crippen molar-refractivity contribution in [1.82, 2.24) is 0 Å². The van der Waals surface area contributed by atoms with Gasteiger partial charge in [-0.15, -0.1) is 0 Å². The number of para-hydroxylation sites is 1. The number of benzene rings is 1. The number of hydrogen-bond donors (Lipinski definition) is 2. The van der Waals surface area contributed by atoms with Gasteiger partial charge in [0.2, 0.25) is 0 Å². The zero-order valence-corrected chi connectivity index (χ0v) is 9.48. The van der Waals surface area contributed by atoms with Gasteiger partial charge in [-0.25, -0.2) is 4.79 Å². The molecule has 0 saturated carbocycles. The van der Waals surface area contributed by atoms with E-state index in [9.17, 15) is 13.6 Å². The Labute approximate surface area is 102 Å². The molecule has 0 saturated heterocycles. The maximum absolute atomic E-state index is 12.3. The predicted molar refractivity (Wildman–Crippen MR) is 61.8 cm³/mol. The number of carboxylic acid groups (broad SMARTS) is 1. The fraction of sp³-hybridized carbons (Fsp3) is 0.250. The highest BCUT2D eigenvalue weighted by Gasteiger charge is 2.34. The van der Waals surface area contributed by atoms with Gasteiger partial charge in [0.1, 0.15) is 5.75 Å². The van der Waals surface area contributed by atoms with E-state index in [0.29, 0.717) is 5.56 Å². The van der Waals surface area contributed by atoms with Crippen LogP contribution in [0, 0.1) is 0 Å². The van der Waals surface area contributed by atoms with Crippen LogP contribution >= 0.6 is 0 Å². The quantitative estimate of drug-likeness (QED) is 0.871. The van der Waals surface area contributed by atoms with Crippen LogP contribution in [0.1, 0.15) is 12.5 Å². The lowest BCUT2D eigenvalue weighted by molar-refractivity contribution is -0.140. The summed E-state index contributed by atoms with van der Waals surface area (Å²) >= 11 is 0. The Morgan fingerprint density at radius 1 is 1.50 bits per heavy atom. The first-order chi connectivity index (χ1) is 8.42. The minimum absolute atomic E-state index is 0.0701. The lowest BCUT2D eigenvalue weighted by Crippen LogP contribution is -2.42. The van der Waals surface area contributed by atoms with Crippen LogP contribution < -0.4 is 10.1 Å². The molecule has 0 fully saturated rings. The molecule has 1 aliphatic rings. The minimum Gasteiger partial charge on any atom is -0.479 e. The van der Waals surface area contributed by atoms with Gasteiger partial charge in [0.25, 0.3) is 0 Å². The molecule has 1 heterocycles. The van der Waals surface area contributed by atoms with E-state index < -0.39 is 18.1 Å². The molecule has 6 heteroatoms. The Bertz CT molecular complexity index is 516. The summed E-state index contributed by atoms with van der Waals surface area (Å²) in [7, 11) is 0. The second kappa shape index (κ2) is 4.29. The third-order valence-corrected chi connectivity index (χ3v) is 2.70. The highest BCUT2D eigenvalue weighted by molar-refractivity contribution is 5.91. The first kappa shape index (κ1) is 12.3. The van der Waals surface area contributed by atoms with Gasteiger partial charge in [0, 0.05) is 5.56 Å². The maximum Gasteiger partial charge on any atom is 0.387 e. The lowest BCUT2D eigenvalue weighted by atomic mass is 9.94. The fourth-order valence-corrected chi connectivity index (χ4v) is 1.70. The summed E-state index contributed by atoms with van der Waals surface area (Å²) in [4.78, 5) is 11.1. The van der Waals surface area contributed by atoms with E-state index in [1.54, 1.807) is 18.2 Å². The molecule has 1 aliphatic heterocycles. The van der Waals surface area contributed by atoms with Crippen LogP contribution in [0.25, 0.3) is 6.08 Å². The molecule has 0 spiro atoms. The lowest BCUT2D eigenvalue weighted by Gasteiger charge is -2.29. The molecule has 2 rings (SSSR count). The summed E-state index contributed by atoms with van der Waals surface area (Å²) in [5.74, 6) is -1.17. The van der Waals surface area contributed by atoms with Crippen LogP contribution in [0.3, 0.4) is 0 Å². The minimum atomic E-state index is -2.96. The molecule has 0 aliphatic carbocycles. The third-order valence-electron chi connectivity index (χ3n) is 2.70. The van der Waals surface area contributed by atoms with Crippen molar-refractivity contribution >= 4 is 17.7 Å². The van der Waals surface area contributed by atoms with Crippen molar-refractivity contribution in [2.45, 2.75) is 19.1 Å². The summed E-state index contributed by atoms with van der Waals surface area (Å²) < 4.78 is 28.9. The second-order valence-corrected chi connectivity index (χ2v) is 4.06. The molecule has 2 N–H and O–H groups in total. The van der Waals surface area contributed by atoms with Crippen LogP contribution in [0.4, 0.5) is 14.5 Å². The van der Waals surface area contributed by atoms with Gasteiger partial charge in [-0.2, -0.15) is 8.78 Å². The van der Waals surface area contributed by atoms with Crippen molar-refractivity contribution in [1.29, 1.82) is 0 Å². The Balaban J connectivity index is 2.43. The molecule has 1 aromatic rings. The van der Waals surface area contributed by atoms with Crippen LogP contribution in [-0.4, -0.2) is 23.2 Å². The number of hydrogen-bond acceptors (Lipinski definition) is 3. The normalized spacial score (nSPS) is 21.3. The first-order valence-electron chi connectivity index (χ1n) is 5.21. The molecule has 18 heavy (non-hydrogen) atoms. The Morgan fingerprint density at radius 3 is 2.83 bits per heavy atom. The fourth-order valence-electron chi connectivity index (χ4n) is 1.70. The Morgan fingerprint density at radius 2 is 2.22 bits per heavy atom. The third kappa shape index (κ3) is 2.13. The molecular formula is C12H11F2NO3. The number of rotatable bonds is 3. The van der Waals surface area contributed by atoms with E-state index in [4.69, 9.17) is 5.11 Å². The number of carboxylic acids is 1. The van der Waals surface area contributed by atoms with E-state index in [1.165, 1.54) is 19.1 Å². The number of nitrogens with one attached hydrogen (secondary N) is 1. The highest BCUT2D eigenvalue weighted by atomic mass is 19.3. The predicted octanol–water partition coefficient (Wildman–Crippen LogP) is 2.57. The molecule has 0 amide bonds. The molecule has 1 unspecified atom stereocenters. The first-order valence-corrected chi connectivity index (χ1v) is 5.21. The van der Waals surface area contributed by atoms with Gasteiger partial charge in [-0.1, -0.05) is 18.2 Å². The van der Waals surface area contributed by atoms with Crippen molar-refractivity contribution in [2.24, 2.45) is 0 Å². The number of aliphatic carboxylic acids is 1. The number of halogens is 2. The number of carbonyl (C=O) groups is 1. The molecule has 0 aromatic heterocycles. The number of fused-ring (bicyclic) bond motifs is 1. The molecule has 96 valence electrons.